The fourth-order valence-corrected chi connectivity index (χ4v) is 3.94. The summed E-state index contributed by atoms with van der Waals surface area (Å²) in [6, 6.07) is 7.21. The molecule has 102 valence electrons. The lowest BCUT2D eigenvalue weighted by Gasteiger charge is -2.02. The molecule has 6 nitrogen and oxygen atoms in total. The van der Waals surface area contributed by atoms with Crippen molar-refractivity contribution in [1.82, 2.24) is 10.3 Å². The third-order valence-corrected chi connectivity index (χ3v) is 5.57. The number of methoxy groups -OCH3 is 1. The van der Waals surface area contributed by atoms with Crippen LogP contribution in [0.1, 0.15) is 0 Å². The topological polar surface area (TPSA) is 85.4 Å². The van der Waals surface area contributed by atoms with Crippen LogP contribution in [0.25, 0.3) is 10.2 Å². The maximum atomic E-state index is 12.0. The van der Waals surface area contributed by atoms with Crippen LogP contribution in [0.3, 0.4) is 0 Å². The minimum Gasteiger partial charge on any atom is -0.453 e. The van der Waals surface area contributed by atoms with Gasteiger partial charge in [-0.2, -0.15) is 0 Å². The Bertz CT molecular complexity index is 661. The number of aromatic nitrogens is 1. The number of carbonyl (C=O) groups is 1. The van der Waals surface area contributed by atoms with Gasteiger partial charge in [-0.3, -0.25) is 0 Å². The summed E-state index contributed by atoms with van der Waals surface area (Å²) in [5, 5.41) is 2.33. The Labute approximate surface area is 114 Å². The van der Waals surface area contributed by atoms with Gasteiger partial charge in [-0.05, 0) is 12.1 Å². The first-order valence-corrected chi connectivity index (χ1v) is 7.90. The first-order valence-electron chi connectivity index (χ1n) is 5.43. The number of benzene rings is 1. The highest BCUT2D eigenvalue weighted by Crippen LogP contribution is 2.25. The van der Waals surface area contributed by atoms with Gasteiger partial charge in [0.05, 0.1) is 23.1 Å². The van der Waals surface area contributed by atoms with Crippen molar-refractivity contribution in [1.29, 1.82) is 0 Å². The van der Waals surface area contributed by atoms with Gasteiger partial charge in [-0.1, -0.05) is 12.1 Å². The van der Waals surface area contributed by atoms with Gasteiger partial charge >= 0.3 is 6.09 Å². The van der Waals surface area contributed by atoms with E-state index in [0.717, 1.165) is 16.0 Å². The lowest BCUT2D eigenvalue weighted by molar-refractivity contribution is 0.172. The van der Waals surface area contributed by atoms with Gasteiger partial charge in [-0.25, -0.2) is 18.2 Å². The summed E-state index contributed by atoms with van der Waals surface area (Å²) < 4.78 is 29.3. The number of fused-ring (bicyclic) bond motifs is 1. The summed E-state index contributed by atoms with van der Waals surface area (Å²) >= 11 is 1.13. The first kappa shape index (κ1) is 13.8. The first-order chi connectivity index (χ1) is 9.03. The summed E-state index contributed by atoms with van der Waals surface area (Å²) in [6.07, 6.45) is -0.653. The molecule has 1 aromatic heterocycles. The van der Waals surface area contributed by atoms with E-state index in [9.17, 15) is 13.2 Å². The largest absolute Gasteiger partial charge is 0.453 e. The van der Waals surface area contributed by atoms with Gasteiger partial charge in [0.1, 0.15) is 0 Å². The number of ether oxygens (including phenoxy) is 1. The summed E-state index contributed by atoms with van der Waals surface area (Å²) in [5.74, 6) is -0.206. The van der Waals surface area contributed by atoms with Gasteiger partial charge < -0.3 is 10.1 Å². The standard InChI is InChI=1S/C11H12N2O4S2/c1-17-10(14)12-6-7-19(15,16)11-13-8-4-2-3-5-9(8)18-11/h2-5H,6-7H2,1H3,(H,12,14). The van der Waals surface area contributed by atoms with E-state index in [1.54, 1.807) is 12.1 Å². The van der Waals surface area contributed by atoms with E-state index in [-0.39, 0.29) is 16.6 Å². The van der Waals surface area contributed by atoms with E-state index in [0.29, 0.717) is 5.52 Å². The molecule has 1 aromatic carbocycles. The summed E-state index contributed by atoms with van der Waals surface area (Å²) in [7, 11) is -2.27. The summed E-state index contributed by atoms with van der Waals surface area (Å²) in [5.41, 5.74) is 0.659. The number of hydrogen-bond donors (Lipinski definition) is 1. The lowest BCUT2D eigenvalue weighted by atomic mass is 10.3. The van der Waals surface area contributed by atoms with Crippen molar-refractivity contribution in [2.24, 2.45) is 0 Å². The quantitative estimate of drug-likeness (QED) is 0.923. The Morgan fingerprint density at radius 2 is 2.16 bits per heavy atom. The molecule has 0 atom stereocenters. The molecule has 0 saturated carbocycles. The van der Waals surface area contributed by atoms with E-state index < -0.39 is 15.9 Å². The summed E-state index contributed by atoms with van der Waals surface area (Å²) in [4.78, 5) is 14.9. The van der Waals surface area contributed by atoms with E-state index in [2.05, 4.69) is 15.0 Å². The van der Waals surface area contributed by atoms with Crippen molar-refractivity contribution >= 4 is 37.5 Å². The second kappa shape index (κ2) is 5.54. The minimum atomic E-state index is -3.49. The Morgan fingerprint density at radius 1 is 1.42 bits per heavy atom. The van der Waals surface area contributed by atoms with Crippen molar-refractivity contribution in [2.75, 3.05) is 19.4 Å². The van der Waals surface area contributed by atoms with Crippen LogP contribution >= 0.6 is 11.3 Å². The highest BCUT2D eigenvalue weighted by Gasteiger charge is 2.19. The van der Waals surface area contributed by atoms with E-state index >= 15 is 0 Å². The Hall–Kier alpha value is -1.67. The number of thiazole rings is 1. The second-order valence-electron chi connectivity index (χ2n) is 3.68. The van der Waals surface area contributed by atoms with Crippen molar-refractivity contribution in [2.45, 2.75) is 4.34 Å². The maximum Gasteiger partial charge on any atom is 0.406 e. The van der Waals surface area contributed by atoms with E-state index in [1.807, 2.05) is 12.1 Å². The van der Waals surface area contributed by atoms with Gasteiger partial charge in [0.15, 0.2) is 0 Å². The highest BCUT2D eigenvalue weighted by molar-refractivity contribution is 7.93. The van der Waals surface area contributed by atoms with Crippen molar-refractivity contribution in [3.05, 3.63) is 24.3 Å². The number of carbonyl (C=O) groups excluding carboxylic acids is 1. The number of sulfone groups is 1. The smallest absolute Gasteiger partial charge is 0.406 e. The number of hydrogen-bond acceptors (Lipinski definition) is 6. The molecule has 8 heteroatoms. The zero-order chi connectivity index (χ0) is 13.9. The second-order valence-corrected chi connectivity index (χ2v) is 7.00. The van der Waals surface area contributed by atoms with Crippen LogP contribution in [0.5, 0.6) is 0 Å². The Kier molecular flexibility index (Phi) is 4.01. The number of nitrogens with one attached hydrogen (secondary N) is 1. The highest BCUT2D eigenvalue weighted by atomic mass is 32.2. The number of amides is 1. The molecule has 0 aliphatic heterocycles. The molecule has 2 aromatic rings. The Morgan fingerprint density at radius 3 is 2.84 bits per heavy atom. The fraction of sp³-hybridized carbons (Fsp3) is 0.273. The number of rotatable bonds is 4. The predicted octanol–water partition coefficient (Wildman–Crippen LogP) is 1.43. The zero-order valence-corrected chi connectivity index (χ0v) is 11.8. The fourth-order valence-electron chi connectivity index (χ4n) is 1.43. The third kappa shape index (κ3) is 3.21. The van der Waals surface area contributed by atoms with Crippen LogP contribution in [0.4, 0.5) is 4.79 Å². The molecule has 1 N–H and O–H groups in total. The van der Waals surface area contributed by atoms with Gasteiger partial charge in [0.25, 0.3) is 0 Å². The van der Waals surface area contributed by atoms with Crippen LogP contribution in [-0.4, -0.2) is 38.9 Å². The van der Waals surface area contributed by atoms with Crippen LogP contribution < -0.4 is 5.32 Å². The van der Waals surface area contributed by atoms with E-state index in [4.69, 9.17) is 0 Å². The van der Waals surface area contributed by atoms with Crippen molar-refractivity contribution < 1.29 is 17.9 Å². The van der Waals surface area contributed by atoms with Gasteiger partial charge in [0.2, 0.25) is 14.2 Å². The molecule has 0 aliphatic carbocycles. The molecule has 1 amide bonds. The van der Waals surface area contributed by atoms with Crippen LogP contribution in [0.15, 0.2) is 28.6 Å². The molecule has 1 heterocycles. The molecule has 0 aliphatic rings. The normalized spacial score (nSPS) is 11.4. The summed E-state index contributed by atoms with van der Waals surface area (Å²) in [6.45, 7) is -0.00900. The molecule has 0 saturated heterocycles. The molecule has 0 radical (unpaired) electrons. The predicted molar refractivity (Wildman–Crippen MR) is 72.1 cm³/mol. The van der Waals surface area contributed by atoms with Crippen molar-refractivity contribution in [3.63, 3.8) is 0 Å². The number of alkyl carbamates (subject to hydrolysis) is 1. The molecular weight excluding hydrogens is 288 g/mol. The van der Waals surface area contributed by atoms with Crippen molar-refractivity contribution in [3.8, 4) is 0 Å². The van der Waals surface area contributed by atoms with Gasteiger partial charge in [-0.15, -0.1) is 11.3 Å². The zero-order valence-electron chi connectivity index (χ0n) is 10.1. The Balaban J connectivity index is 2.13. The van der Waals surface area contributed by atoms with Crippen LogP contribution in [-0.2, 0) is 14.6 Å². The minimum absolute atomic E-state index is 0.00900. The number of nitrogens with zero attached hydrogens (tertiary/aromatic N) is 1. The molecule has 2 rings (SSSR count). The molecule has 0 bridgehead atoms. The molecule has 0 unspecified atom stereocenters. The van der Waals surface area contributed by atoms with Crippen LogP contribution in [0.2, 0.25) is 0 Å². The van der Waals surface area contributed by atoms with Gasteiger partial charge in [0, 0.05) is 6.54 Å². The monoisotopic (exact) mass is 300 g/mol. The lowest BCUT2D eigenvalue weighted by Crippen LogP contribution is -2.28. The molecule has 0 fully saturated rings. The number of para-hydroxylation sites is 1. The molecule has 19 heavy (non-hydrogen) atoms. The van der Waals surface area contributed by atoms with Crippen LogP contribution in [0, 0.1) is 0 Å². The third-order valence-electron chi connectivity index (χ3n) is 2.37. The SMILES string of the molecule is COC(=O)NCCS(=O)(=O)c1nc2ccccc2s1. The maximum absolute atomic E-state index is 12.0. The molecular formula is C11H12N2O4S2. The average Bonchev–Trinajstić information content (AvgIpc) is 2.83. The average molecular weight is 300 g/mol. The van der Waals surface area contributed by atoms with E-state index in [1.165, 1.54) is 7.11 Å². The molecule has 0 spiro atoms.